The molecule has 0 aliphatic carbocycles. The van der Waals surface area contributed by atoms with Gasteiger partial charge in [0.2, 0.25) is 0 Å². The molecule has 0 unspecified atom stereocenters. The maximum Gasteiger partial charge on any atom is 0.123 e. The molecule has 0 saturated carbocycles. The number of halogens is 1. The molecular weight excluding hydrogens is 141 g/mol. The minimum absolute atomic E-state index is 0.162. The Kier molecular flexibility index (Phi) is 3.05. The zero-order valence-electron chi connectivity index (χ0n) is 6.68. The number of hydrogen-bond donors (Lipinski definition) is 1. The third-order valence-corrected chi connectivity index (χ3v) is 1.58. The Morgan fingerprint density at radius 3 is 2.45 bits per heavy atom. The molecule has 0 radical (unpaired) electrons. The van der Waals surface area contributed by atoms with E-state index in [0.717, 1.165) is 13.1 Å². The summed E-state index contributed by atoms with van der Waals surface area (Å²) in [7, 11) is 0. The Bertz CT molecular complexity index is 205. The molecule has 0 aliphatic rings. The van der Waals surface area contributed by atoms with Crippen molar-refractivity contribution in [3.63, 3.8) is 0 Å². The van der Waals surface area contributed by atoms with E-state index < -0.39 is 0 Å². The second-order valence-corrected chi connectivity index (χ2v) is 2.53. The number of rotatable bonds is 3. The molecule has 1 nitrogen and oxygen atoms in total. The van der Waals surface area contributed by atoms with Crippen LogP contribution < -0.4 is 5.32 Å². The van der Waals surface area contributed by atoms with Crippen molar-refractivity contribution < 1.29 is 9.71 Å². The van der Waals surface area contributed by atoms with Crippen molar-refractivity contribution >= 4 is 0 Å². The Hall–Kier alpha value is -0.890. The molecule has 60 valence electrons. The van der Waals surface area contributed by atoms with Gasteiger partial charge in [-0.2, -0.15) is 0 Å². The summed E-state index contributed by atoms with van der Waals surface area (Å²) in [5.74, 6) is -0.162. The van der Waals surface area contributed by atoms with Gasteiger partial charge in [0.1, 0.15) is 12.4 Å². The van der Waals surface area contributed by atoms with Crippen LogP contribution >= 0.6 is 0 Å². The molecule has 0 fully saturated rings. The van der Waals surface area contributed by atoms with Crippen LogP contribution in [0.15, 0.2) is 24.3 Å². The molecule has 0 bridgehead atoms. The molecule has 0 heterocycles. The molecule has 1 aromatic carbocycles. The topological polar surface area (TPSA) is 16.6 Å². The summed E-state index contributed by atoms with van der Waals surface area (Å²) in [6.45, 7) is 4.11. The fourth-order valence-electron chi connectivity index (χ4n) is 0.931. The van der Waals surface area contributed by atoms with E-state index in [9.17, 15) is 4.39 Å². The quantitative estimate of drug-likeness (QED) is 0.666. The van der Waals surface area contributed by atoms with Crippen molar-refractivity contribution in [1.82, 2.24) is 0 Å². The number of hydrogen-bond acceptors (Lipinski definition) is 0. The summed E-state index contributed by atoms with van der Waals surface area (Å²) in [5, 5.41) is 2.17. The molecule has 1 rings (SSSR count). The molecule has 0 atom stereocenters. The van der Waals surface area contributed by atoms with Crippen molar-refractivity contribution in [2.24, 2.45) is 0 Å². The number of benzene rings is 1. The predicted octanol–water partition coefficient (Wildman–Crippen LogP) is 0.909. The first-order valence-corrected chi connectivity index (χ1v) is 3.89. The summed E-state index contributed by atoms with van der Waals surface area (Å²) < 4.78 is 12.4. The lowest BCUT2D eigenvalue weighted by Crippen LogP contribution is -2.81. The van der Waals surface area contributed by atoms with Gasteiger partial charge in [-0.25, -0.2) is 4.39 Å². The van der Waals surface area contributed by atoms with Crippen molar-refractivity contribution in [2.75, 3.05) is 6.54 Å². The molecule has 1 aromatic rings. The first-order valence-electron chi connectivity index (χ1n) is 3.89. The van der Waals surface area contributed by atoms with Crippen LogP contribution in [0.25, 0.3) is 0 Å². The second-order valence-electron chi connectivity index (χ2n) is 2.53. The van der Waals surface area contributed by atoms with E-state index in [4.69, 9.17) is 0 Å². The first-order chi connectivity index (χ1) is 5.33. The van der Waals surface area contributed by atoms with Crippen LogP contribution in [0, 0.1) is 5.82 Å². The molecule has 2 heteroatoms. The zero-order chi connectivity index (χ0) is 8.10. The molecular formula is C9H13FN+. The molecule has 2 N–H and O–H groups in total. The van der Waals surface area contributed by atoms with Gasteiger partial charge in [0.25, 0.3) is 0 Å². The number of nitrogens with two attached hydrogens (primary N) is 1. The highest BCUT2D eigenvalue weighted by Crippen LogP contribution is 1.99. The zero-order valence-corrected chi connectivity index (χ0v) is 6.68. The predicted molar refractivity (Wildman–Crippen MR) is 42.6 cm³/mol. The lowest BCUT2D eigenvalue weighted by molar-refractivity contribution is -0.667. The fraction of sp³-hybridized carbons (Fsp3) is 0.333. The Morgan fingerprint density at radius 1 is 1.27 bits per heavy atom. The fourth-order valence-corrected chi connectivity index (χ4v) is 0.931. The Labute approximate surface area is 66.2 Å². The average Bonchev–Trinajstić information content (AvgIpc) is 2.04. The van der Waals surface area contributed by atoms with Crippen LogP contribution in [0.2, 0.25) is 0 Å². The summed E-state index contributed by atoms with van der Waals surface area (Å²) in [6, 6.07) is 6.64. The third kappa shape index (κ3) is 2.68. The molecule has 11 heavy (non-hydrogen) atoms. The monoisotopic (exact) mass is 154 g/mol. The molecule has 0 aromatic heterocycles. The van der Waals surface area contributed by atoms with Crippen LogP contribution in [0.4, 0.5) is 4.39 Å². The summed E-state index contributed by atoms with van der Waals surface area (Å²) in [5.41, 5.74) is 1.17. The van der Waals surface area contributed by atoms with Gasteiger partial charge < -0.3 is 5.32 Å². The molecule has 0 saturated heterocycles. The highest BCUT2D eigenvalue weighted by Gasteiger charge is 1.93. The van der Waals surface area contributed by atoms with Crippen LogP contribution in [0.1, 0.15) is 12.5 Å². The summed E-state index contributed by atoms with van der Waals surface area (Å²) in [6.07, 6.45) is 0. The van der Waals surface area contributed by atoms with Crippen LogP contribution in [-0.4, -0.2) is 6.54 Å². The van der Waals surface area contributed by atoms with E-state index in [-0.39, 0.29) is 5.82 Å². The molecule has 0 spiro atoms. The molecule has 0 amide bonds. The van der Waals surface area contributed by atoms with Crippen molar-refractivity contribution in [2.45, 2.75) is 13.5 Å². The van der Waals surface area contributed by atoms with Gasteiger partial charge in [-0.05, 0) is 19.1 Å². The summed E-state index contributed by atoms with van der Waals surface area (Å²) in [4.78, 5) is 0. The van der Waals surface area contributed by atoms with Gasteiger partial charge in [0.05, 0.1) is 6.54 Å². The van der Waals surface area contributed by atoms with Crippen LogP contribution in [0.3, 0.4) is 0 Å². The second kappa shape index (κ2) is 4.09. The van der Waals surface area contributed by atoms with Crippen molar-refractivity contribution in [1.29, 1.82) is 0 Å². The lowest BCUT2D eigenvalue weighted by Gasteiger charge is -1.97. The standard InChI is InChI=1S/C9H12FN/c1-2-11-7-8-3-5-9(10)6-4-8/h3-6,11H,2,7H2,1H3/p+1. The highest BCUT2D eigenvalue weighted by molar-refractivity contribution is 5.14. The van der Waals surface area contributed by atoms with Crippen molar-refractivity contribution in [3.05, 3.63) is 35.6 Å². The van der Waals surface area contributed by atoms with E-state index in [1.807, 2.05) is 12.1 Å². The summed E-state index contributed by atoms with van der Waals surface area (Å²) >= 11 is 0. The van der Waals surface area contributed by atoms with Gasteiger partial charge in [-0.15, -0.1) is 0 Å². The van der Waals surface area contributed by atoms with Crippen LogP contribution in [0.5, 0.6) is 0 Å². The lowest BCUT2D eigenvalue weighted by atomic mass is 10.2. The van der Waals surface area contributed by atoms with Gasteiger partial charge in [-0.1, -0.05) is 12.1 Å². The normalized spacial score (nSPS) is 10.0. The molecule has 0 aliphatic heterocycles. The van der Waals surface area contributed by atoms with E-state index in [2.05, 4.69) is 12.2 Å². The minimum Gasteiger partial charge on any atom is -0.343 e. The Balaban J connectivity index is 2.52. The van der Waals surface area contributed by atoms with Gasteiger partial charge in [0, 0.05) is 5.56 Å². The maximum atomic E-state index is 12.4. The third-order valence-electron chi connectivity index (χ3n) is 1.58. The smallest absolute Gasteiger partial charge is 0.123 e. The van der Waals surface area contributed by atoms with E-state index in [0.29, 0.717) is 0 Å². The van der Waals surface area contributed by atoms with E-state index >= 15 is 0 Å². The van der Waals surface area contributed by atoms with Gasteiger partial charge >= 0.3 is 0 Å². The Morgan fingerprint density at radius 2 is 1.91 bits per heavy atom. The van der Waals surface area contributed by atoms with Crippen LogP contribution in [-0.2, 0) is 6.54 Å². The maximum absolute atomic E-state index is 12.4. The first kappa shape index (κ1) is 8.21. The minimum atomic E-state index is -0.162. The van der Waals surface area contributed by atoms with Gasteiger partial charge in [0.15, 0.2) is 0 Å². The van der Waals surface area contributed by atoms with Crippen molar-refractivity contribution in [3.8, 4) is 0 Å². The SMILES string of the molecule is CC[NH2+]Cc1ccc(F)cc1. The number of quaternary nitrogens is 1. The van der Waals surface area contributed by atoms with Gasteiger partial charge in [-0.3, -0.25) is 0 Å². The van der Waals surface area contributed by atoms with E-state index in [1.54, 1.807) is 0 Å². The van der Waals surface area contributed by atoms with E-state index in [1.165, 1.54) is 17.7 Å². The average molecular weight is 154 g/mol. The largest absolute Gasteiger partial charge is 0.343 e. The highest BCUT2D eigenvalue weighted by atomic mass is 19.1.